The molecule has 5 nitrogen and oxygen atoms in total. The molecule has 0 radical (unpaired) electrons. The van der Waals surface area contributed by atoms with E-state index in [4.69, 9.17) is 0 Å². The van der Waals surface area contributed by atoms with Gasteiger partial charge in [0.2, 0.25) is 0 Å². The number of anilines is 1. The second-order valence-corrected chi connectivity index (χ2v) is 10.5. The van der Waals surface area contributed by atoms with E-state index in [1.165, 1.54) is 4.31 Å². The van der Waals surface area contributed by atoms with Crippen LogP contribution in [0.2, 0.25) is 0 Å². The summed E-state index contributed by atoms with van der Waals surface area (Å²) in [6.07, 6.45) is -1.21. The van der Waals surface area contributed by atoms with Gasteiger partial charge in [-0.3, -0.25) is 0 Å². The number of aryl methyl sites for hydroxylation is 2. The van der Waals surface area contributed by atoms with Crippen molar-refractivity contribution in [2.45, 2.75) is 37.8 Å². The highest BCUT2D eigenvalue weighted by Crippen LogP contribution is 2.49. The molecule has 0 aliphatic carbocycles. The first-order valence-corrected chi connectivity index (χ1v) is 12.2. The van der Waals surface area contributed by atoms with Crippen LogP contribution in [-0.4, -0.2) is 24.7 Å². The largest absolute Gasteiger partial charge is 0.372 e. The number of H-pyrrole nitrogens is 1. The molecule has 1 aliphatic rings. The van der Waals surface area contributed by atoms with Crippen molar-refractivity contribution >= 4 is 26.7 Å². The Bertz CT molecular complexity index is 1390. The van der Waals surface area contributed by atoms with Gasteiger partial charge in [0.25, 0.3) is 10.0 Å². The second-order valence-electron chi connectivity index (χ2n) is 8.71. The van der Waals surface area contributed by atoms with Gasteiger partial charge in [0, 0.05) is 28.3 Å². The van der Waals surface area contributed by atoms with E-state index >= 15 is 0 Å². The van der Waals surface area contributed by atoms with Crippen LogP contribution in [0.5, 0.6) is 0 Å². The third-order valence-electron chi connectivity index (χ3n) is 6.51. The van der Waals surface area contributed by atoms with Crippen molar-refractivity contribution in [1.29, 1.82) is 0 Å². The van der Waals surface area contributed by atoms with E-state index in [2.05, 4.69) is 29.2 Å². The van der Waals surface area contributed by atoms with Crippen LogP contribution in [0.3, 0.4) is 0 Å². The lowest BCUT2D eigenvalue weighted by molar-refractivity contribution is 0.112. The van der Waals surface area contributed by atoms with Gasteiger partial charge >= 0.3 is 0 Å². The number of sulfonamides is 1. The molecule has 6 heteroatoms. The molecule has 0 bridgehead atoms. The fourth-order valence-electron chi connectivity index (χ4n) is 4.75. The van der Waals surface area contributed by atoms with Crippen molar-refractivity contribution in [3.05, 3.63) is 95.1 Å². The van der Waals surface area contributed by atoms with Crippen LogP contribution in [0.15, 0.2) is 77.7 Å². The van der Waals surface area contributed by atoms with Crippen LogP contribution in [0.4, 0.5) is 5.82 Å². The molecule has 0 fully saturated rings. The van der Waals surface area contributed by atoms with Crippen molar-refractivity contribution < 1.29 is 13.5 Å². The summed E-state index contributed by atoms with van der Waals surface area (Å²) in [4.78, 5) is 3.46. The van der Waals surface area contributed by atoms with E-state index in [9.17, 15) is 13.5 Å². The Hall–Kier alpha value is -3.09. The second kappa shape index (κ2) is 7.50. The molecule has 0 saturated heterocycles. The molecule has 3 atom stereocenters. The number of aromatic amines is 1. The molecule has 0 amide bonds. The molecule has 1 aromatic heterocycles. The van der Waals surface area contributed by atoms with Gasteiger partial charge in [-0.15, -0.1) is 0 Å². The molecule has 1 aliphatic heterocycles. The summed E-state index contributed by atoms with van der Waals surface area (Å²) in [5.41, 5.74) is 4.93. The van der Waals surface area contributed by atoms with Crippen molar-refractivity contribution in [2.24, 2.45) is 5.92 Å². The van der Waals surface area contributed by atoms with Gasteiger partial charge in [0.15, 0.2) is 0 Å². The number of rotatable bonds is 3. The zero-order valence-corrected chi connectivity index (χ0v) is 19.1. The first kappa shape index (κ1) is 20.8. The fourth-order valence-corrected chi connectivity index (χ4v) is 6.32. The maximum absolute atomic E-state index is 13.7. The van der Waals surface area contributed by atoms with E-state index in [1.54, 1.807) is 24.3 Å². The molecule has 4 aromatic rings. The monoisotopic (exact) mass is 446 g/mol. The maximum Gasteiger partial charge on any atom is 0.267 e. The number of hydrogen-bond donors (Lipinski definition) is 2. The summed E-state index contributed by atoms with van der Waals surface area (Å²) >= 11 is 0. The number of nitrogens with zero attached hydrogens (tertiary/aromatic N) is 1. The fraction of sp³-hybridized carbons (Fsp3) is 0.231. The third-order valence-corrected chi connectivity index (χ3v) is 8.29. The first-order chi connectivity index (χ1) is 15.3. The lowest BCUT2D eigenvalue weighted by Crippen LogP contribution is -2.49. The van der Waals surface area contributed by atoms with E-state index < -0.39 is 16.3 Å². The topological polar surface area (TPSA) is 73.4 Å². The molecule has 164 valence electrons. The van der Waals surface area contributed by atoms with Crippen molar-refractivity contribution in [3.63, 3.8) is 0 Å². The lowest BCUT2D eigenvalue weighted by atomic mass is 9.78. The number of benzene rings is 3. The molecular formula is C26H26N2O3S. The van der Waals surface area contributed by atoms with Gasteiger partial charge in [-0.2, -0.15) is 0 Å². The van der Waals surface area contributed by atoms with Crippen molar-refractivity contribution in [1.82, 2.24) is 4.98 Å². The van der Waals surface area contributed by atoms with Crippen molar-refractivity contribution in [3.8, 4) is 0 Å². The molecule has 0 spiro atoms. The van der Waals surface area contributed by atoms with Gasteiger partial charge < -0.3 is 10.1 Å². The Labute approximate surface area is 188 Å². The summed E-state index contributed by atoms with van der Waals surface area (Å²) in [7, 11) is -3.98. The Morgan fingerprint density at radius 2 is 1.47 bits per heavy atom. The first-order valence-electron chi connectivity index (χ1n) is 10.8. The van der Waals surface area contributed by atoms with Gasteiger partial charge in [0.1, 0.15) is 12.0 Å². The van der Waals surface area contributed by atoms with E-state index in [0.717, 1.165) is 33.2 Å². The number of aliphatic hydroxyl groups is 1. The number of nitrogens with one attached hydrogen (secondary N) is 1. The predicted octanol–water partition coefficient (Wildman–Crippen LogP) is 5.08. The summed E-state index contributed by atoms with van der Waals surface area (Å²) in [6.45, 7) is 5.86. The molecular weight excluding hydrogens is 420 g/mol. The summed E-state index contributed by atoms with van der Waals surface area (Å²) < 4.78 is 28.6. The highest BCUT2D eigenvalue weighted by Gasteiger charge is 2.46. The Morgan fingerprint density at radius 3 is 2.12 bits per heavy atom. The average molecular weight is 447 g/mol. The van der Waals surface area contributed by atoms with Crippen LogP contribution < -0.4 is 4.31 Å². The molecule has 2 heterocycles. The van der Waals surface area contributed by atoms with Crippen LogP contribution in [-0.2, 0) is 10.0 Å². The normalized spacial score (nSPS) is 21.0. The van der Waals surface area contributed by atoms with Gasteiger partial charge in [-0.1, -0.05) is 72.6 Å². The molecule has 0 unspecified atom stereocenters. The highest BCUT2D eigenvalue weighted by atomic mass is 32.2. The number of aliphatic hydroxyl groups excluding tert-OH is 1. The summed E-state index contributed by atoms with van der Waals surface area (Å²) in [5.74, 6) is -0.0752. The summed E-state index contributed by atoms with van der Waals surface area (Å²) in [5, 5.41) is 12.3. The molecule has 3 aromatic carbocycles. The van der Waals surface area contributed by atoms with Crippen LogP contribution >= 0.6 is 0 Å². The van der Waals surface area contributed by atoms with Crippen LogP contribution in [0.1, 0.15) is 35.1 Å². The van der Waals surface area contributed by atoms with Gasteiger partial charge in [-0.25, -0.2) is 12.7 Å². The number of para-hydroxylation sites is 1. The maximum atomic E-state index is 13.7. The molecule has 2 N–H and O–H groups in total. The number of aromatic nitrogens is 1. The minimum absolute atomic E-state index is 0.152. The smallest absolute Gasteiger partial charge is 0.267 e. The van der Waals surface area contributed by atoms with Gasteiger partial charge in [0.05, 0.1) is 4.90 Å². The van der Waals surface area contributed by atoms with E-state index in [0.29, 0.717) is 5.82 Å². The summed E-state index contributed by atoms with van der Waals surface area (Å²) in [6, 6.07) is 22.8. The quantitative estimate of drug-likeness (QED) is 0.461. The predicted molar refractivity (Wildman–Crippen MR) is 127 cm³/mol. The third kappa shape index (κ3) is 3.14. The zero-order chi connectivity index (χ0) is 22.6. The van der Waals surface area contributed by atoms with E-state index in [1.807, 2.05) is 45.0 Å². The van der Waals surface area contributed by atoms with E-state index in [-0.39, 0.29) is 16.7 Å². The van der Waals surface area contributed by atoms with Crippen molar-refractivity contribution in [2.75, 3.05) is 4.31 Å². The average Bonchev–Trinajstić information content (AvgIpc) is 3.14. The standard InChI is InChI=1S/C26H26N2O3S/c1-16-8-12-19(13-9-16)23-18(3)26(29)28(32(30,31)20-14-10-17(2)11-15-20)25-24(23)21-6-4-5-7-22(21)27-25/h4-15,18,23,26-27,29H,1-3H3/t18-,23+,26-/m1/s1. The molecule has 5 rings (SSSR count). The highest BCUT2D eigenvalue weighted by molar-refractivity contribution is 7.92. The zero-order valence-electron chi connectivity index (χ0n) is 18.3. The molecule has 32 heavy (non-hydrogen) atoms. The number of hydrogen-bond acceptors (Lipinski definition) is 3. The van der Waals surface area contributed by atoms with Crippen LogP contribution in [0.25, 0.3) is 10.9 Å². The Morgan fingerprint density at radius 1 is 0.875 bits per heavy atom. The number of fused-ring (bicyclic) bond motifs is 3. The SMILES string of the molecule is Cc1ccc([C@H]2c3c([nH]c4ccccc34)N(S(=O)(=O)c3ccc(C)cc3)[C@H](O)[C@@H]2C)cc1. The Kier molecular flexibility index (Phi) is 4.87. The molecule has 0 saturated carbocycles. The minimum Gasteiger partial charge on any atom is -0.372 e. The Balaban J connectivity index is 1.77. The lowest BCUT2D eigenvalue weighted by Gasteiger charge is -2.41. The van der Waals surface area contributed by atoms with Crippen LogP contribution in [0, 0.1) is 19.8 Å². The minimum atomic E-state index is -3.98. The van der Waals surface area contributed by atoms with Gasteiger partial charge in [-0.05, 0) is 37.6 Å².